The van der Waals surface area contributed by atoms with Crippen LogP contribution in [0.15, 0.2) is 4.52 Å². The number of aliphatic hydroxyl groups is 1. The van der Waals surface area contributed by atoms with Crippen molar-refractivity contribution in [3.05, 3.63) is 11.7 Å². The average Bonchev–Trinajstić information content (AvgIpc) is 3.09. The summed E-state index contributed by atoms with van der Waals surface area (Å²) < 4.78 is 5.14. The van der Waals surface area contributed by atoms with Crippen LogP contribution in [0.1, 0.15) is 55.7 Å². The van der Waals surface area contributed by atoms with Gasteiger partial charge in [-0.15, -0.1) is 0 Å². The summed E-state index contributed by atoms with van der Waals surface area (Å²) in [5.74, 6) is 0.189. The molecule has 0 aromatic carbocycles. The van der Waals surface area contributed by atoms with Crippen LogP contribution >= 0.6 is 0 Å². The molecule has 3 N–H and O–H groups in total. The van der Waals surface area contributed by atoms with Crippen molar-refractivity contribution in [1.82, 2.24) is 20.8 Å². The number of nitrogens with one attached hydrogen (secondary N) is 2. The molecular weight excluding hydrogens is 260 g/mol. The highest BCUT2D eigenvalue weighted by Gasteiger charge is 2.48. The van der Waals surface area contributed by atoms with Crippen molar-refractivity contribution < 1.29 is 14.4 Å². The minimum Gasteiger partial charge on any atom is -0.392 e. The number of hydrogen-bond acceptors (Lipinski definition) is 6. The zero-order valence-electron chi connectivity index (χ0n) is 11.7. The van der Waals surface area contributed by atoms with E-state index in [2.05, 4.69) is 20.8 Å². The maximum atomic E-state index is 12.1. The summed E-state index contributed by atoms with van der Waals surface area (Å²) >= 11 is 0. The Morgan fingerprint density at radius 2 is 2.35 bits per heavy atom. The van der Waals surface area contributed by atoms with E-state index in [1.165, 1.54) is 0 Å². The van der Waals surface area contributed by atoms with Gasteiger partial charge in [0.05, 0.1) is 12.1 Å². The van der Waals surface area contributed by atoms with Crippen molar-refractivity contribution in [2.24, 2.45) is 5.41 Å². The lowest BCUT2D eigenvalue weighted by atomic mass is 9.64. The summed E-state index contributed by atoms with van der Waals surface area (Å²) in [6.07, 6.45) is 2.21. The Balaban J connectivity index is 1.63. The van der Waals surface area contributed by atoms with Crippen LogP contribution in [-0.2, 0) is 0 Å². The van der Waals surface area contributed by atoms with Crippen LogP contribution in [0.4, 0.5) is 0 Å². The predicted molar refractivity (Wildman–Crippen MR) is 69.9 cm³/mol. The minimum atomic E-state index is -0.378. The summed E-state index contributed by atoms with van der Waals surface area (Å²) in [4.78, 5) is 16.2. The van der Waals surface area contributed by atoms with Gasteiger partial charge >= 0.3 is 0 Å². The molecule has 1 aliphatic heterocycles. The van der Waals surface area contributed by atoms with Crippen molar-refractivity contribution in [1.29, 1.82) is 0 Å². The molecule has 2 fully saturated rings. The molecule has 7 heteroatoms. The van der Waals surface area contributed by atoms with E-state index in [1.807, 2.05) is 13.8 Å². The fourth-order valence-corrected chi connectivity index (χ4v) is 2.73. The largest absolute Gasteiger partial charge is 0.392 e. The highest BCUT2D eigenvalue weighted by Crippen LogP contribution is 2.40. The van der Waals surface area contributed by atoms with Crippen LogP contribution in [0.3, 0.4) is 0 Å². The Morgan fingerprint density at radius 3 is 2.95 bits per heavy atom. The second kappa shape index (κ2) is 4.82. The molecule has 2 aliphatic rings. The molecule has 0 radical (unpaired) electrons. The normalized spacial score (nSPS) is 31.9. The van der Waals surface area contributed by atoms with Crippen molar-refractivity contribution in [3.8, 4) is 0 Å². The first-order valence-electron chi connectivity index (χ1n) is 7.04. The number of rotatable bonds is 3. The van der Waals surface area contributed by atoms with Gasteiger partial charge in [0.25, 0.3) is 11.7 Å². The first-order valence-corrected chi connectivity index (χ1v) is 7.04. The summed E-state index contributed by atoms with van der Waals surface area (Å²) in [6, 6.07) is 0.00238. The fourth-order valence-electron chi connectivity index (χ4n) is 2.73. The molecule has 1 amide bonds. The summed E-state index contributed by atoms with van der Waals surface area (Å²) in [5, 5.41) is 19.5. The van der Waals surface area contributed by atoms with Gasteiger partial charge in [0, 0.05) is 11.5 Å². The van der Waals surface area contributed by atoms with Crippen LogP contribution < -0.4 is 10.6 Å². The number of nitrogens with zero attached hydrogens (tertiary/aromatic N) is 2. The Hall–Kier alpha value is -1.47. The topological polar surface area (TPSA) is 100 Å². The SMILES string of the molecule is CC1(C)C(O)CC1NC(=O)c1noc(C2CCCN2)n1. The van der Waals surface area contributed by atoms with Gasteiger partial charge in [-0.3, -0.25) is 4.79 Å². The van der Waals surface area contributed by atoms with Crippen molar-refractivity contribution in [2.75, 3.05) is 6.54 Å². The highest BCUT2D eigenvalue weighted by molar-refractivity contribution is 5.90. The van der Waals surface area contributed by atoms with Gasteiger partial charge in [0.15, 0.2) is 0 Å². The maximum Gasteiger partial charge on any atom is 0.292 e. The van der Waals surface area contributed by atoms with Gasteiger partial charge in [-0.2, -0.15) is 4.98 Å². The summed E-state index contributed by atoms with van der Waals surface area (Å²) in [7, 11) is 0. The molecule has 0 bridgehead atoms. The fraction of sp³-hybridized carbons (Fsp3) is 0.769. The Labute approximate surface area is 117 Å². The van der Waals surface area contributed by atoms with E-state index in [0.717, 1.165) is 19.4 Å². The second-order valence-corrected chi connectivity index (χ2v) is 6.20. The lowest BCUT2D eigenvalue weighted by Gasteiger charge is -2.49. The third-order valence-corrected chi connectivity index (χ3v) is 4.52. The number of carbonyl (C=O) groups excluding carboxylic acids is 1. The van der Waals surface area contributed by atoms with Crippen LogP contribution in [0.5, 0.6) is 0 Å². The van der Waals surface area contributed by atoms with Crippen molar-refractivity contribution >= 4 is 5.91 Å². The number of aromatic nitrogens is 2. The molecule has 7 nitrogen and oxygen atoms in total. The molecule has 2 heterocycles. The van der Waals surface area contributed by atoms with Crippen LogP contribution in [0, 0.1) is 5.41 Å². The van der Waals surface area contributed by atoms with E-state index >= 15 is 0 Å². The minimum absolute atomic E-state index is 0.0587. The van der Waals surface area contributed by atoms with E-state index in [0.29, 0.717) is 12.3 Å². The van der Waals surface area contributed by atoms with Crippen molar-refractivity contribution in [2.45, 2.75) is 51.3 Å². The molecule has 1 saturated carbocycles. The Morgan fingerprint density at radius 1 is 1.55 bits per heavy atom. The number of aliphatic hydroxyl groups excluding tert-OH is 1. The van der Waals surface area contributed by atoms with E-state index in [-0.39, 0.29) is 35.3 Å². The van der Waals surface area contributed by atoms with Gasteiger partial charge in [0.1, 0.15) is 0 Å². The second-order valence-electron chi connectivity index (χ2n) is 6.20. The lowest BCUT2D eigenvalue weighted by Crippen LogP contribution is -2.61. The van der Waals surface area contributed by atoms with Gasteiger partial charge in [0.2, 0.25) is 5.89 Å². The van der Waals surface area contributed by atoms with Crippen LogP contribution in [-0.4, -0.2) is 39.8 Å². The van der Waals surface area contributed by atoms with Gasteiger partial charge in [-0.25, -0.2) is 0 Å². The molecule has 1 aromatic rings. The third-order valence-electron chi connectivity index (χ3n) is 4.52. The first kappa shape index (κ1) is 13.5. The van der Waals surface area contributed by atoms with Gasteiger partial charge in [-0.05, 0) is 25.8 Å². The molecule has 0 spiro atoms. The molecule has 20 heavy (non-hydrogen) atoms. The third kappa shape index (κ3) is 2.20. The Bertz CT molecular complexity index is 507. The predicted octanol–water partition coefficient (Wildman–Crippen LogP) is 0.383. The van der Waals surface area contributed by atoms with Crippen molar-refractivity contribution in [3.63, 3.8) is 0 Å². The first-order chi connectivity index (χ1) is 9.48. The monoisotopic (exact) mass is 280 g/mol. The smallest absolute Gasteiger partial charge is 0.292 e. The number of hydrogen-bond donors (Lipinski definition) is 3. The highest BCUT2D eigenvalue weighted by atomic mass is 16.5. The number of amides is 1. The molecule has 1 aromatic heterocycles. The zero-order chi connectivity index (χ0) is 14.3. The summed E-state index contributed by atoms with van der Waals surface area (Å²) in [6.45, 7) is 4.79. The maximum absolute atomic E-state index is 12.1. The molecule has 1 saturated heterocycles. The molecular formula is C13H20N4O3. The van der Waals surface area contributed by atoms with Crippen LogP contribution in [0.2, 0.25) is 0 Å². The van der Waals surface area contributed by atoms with E-state index in [9.17, 15) is 9.90 Å². The van der Waals surface area contributed by atoms with E-state index in [4.69, 9.17) is 4.52 Å². The molecule has 3 atom stereocenters. The Kier molecular flexibility index (Phi) is 3.25. The van der Waals surface area contributed by atoms with E-state index in [1.54, 1.807) is 0 Å². The molecule has 110 valence electrons. The summed E-state index contributed by atoms with van der Waals surface area (Å²) in [5.41, 5.74) is -0.310. The molecule has 3 unspecified atom stereocenters. The standard InChI is InChI=1S/C13H20N4O3/c1-13(2)8(6-9(13)18)15-11(19)10-16-12(20-17-10)7-4-3-5-14-7/h7-9,14,18H,3-6H2,1-2H3,(H,15,19). The van der Waals surface area contributed by atoms with E-state index < -0.39 is 0 Å². The zero-order valence-corrected chi connectivity index (χ0v) is 11.7. The van der Waals surface area contributed by atoms with Crippen LogP contribution in [0.25, 0.3) is 0 Å². The van der Waals surface area contributed by atoms with Gasteiger partial charge in [-0.1, -0.05) is 19.0 Å². The lowest BCUT2D eigenvalue weighted by molar-refractivity contribution is -0.0690. The van der Waals surface area contributed by atoms with Gasteiger partial charge < -0.3 is 20.3 Å². The number of carbonyl (C=O) groups is 1. The quantitative estimate of drug-likeness (QED) is 0.740. The average molecular weight is 280 g/mol. The molecule has 3 rings (SSSR count). The molecule has 1 aliphatic carbocycles.